The number of hydrogen-bond acceptors (Lipinski definition) is 4. The molecule has 126 valence electrons. The minimum Gasteiger partial charge on any atom is -0.491 e. The Morgan fingerprint density at radius 3 is 2.48 bits per heavy atom. The van der Waals surface area contributed by atoms with Gasteiger partial charge in [0, 0.05) is 38.6 Å². The zero-order valence-electron chi connectivity index (χ0n) is 13.6. The summed E-state index contributed by atoms with van der Waals surface area (Å²) < 4.78 is 5.58. The van der Waals surface area contributed by atoms with E-state index in [-0.39, 0.29) is 5.92 Å². The van der Waals surface area contributed by atoms with Crippen LogP contribution in [0.15, 0.2) is 30.3 Å². The zero-order valence-corrected chi connectivity index (χ0v) is 13.6. The molecule has 0 radical (unpaired) electrons. The lowest BCUT2D eigenvalue weighted by molar-refractivity contribution is -0.140. The van der Waals surface area contributed by atoms with Gasteiger partial charge >= 0.3 is 0 Å². The number of benzene rings is 1. The summed E-state index contributed by atoms with van der Waals surface area (Å²) in [6.45, 7) is 4.12. The Labute approximate surface area is 137 Å². The summed E-state index contributed by atoms with van der Waals surface area (Å²) in [6.07, 6.45) is 2.82. The molecule has 1 heterocycles. The van der Waals surface area contributed by atoms with E-state index in [2.05, 4.69) is 4.90 Å². The predicted molar refractivity (Wildman–Crippen MR) is 88.3 cm³/mol. The average molecular weight is 318 g/mol. The fourth-order valence-corrected chi connectivity index (χ4v) is 3.12. The van der Waals surface area contributed by atoms with Gasteiger partial charge in [-0.2, -0.15) is 0 Å². The molecular weight excluding hydrogens is 292 g/mol. The molecule has 1 amide bonds. The van der Waals surface area contributed by atoms with Gasteiger partial charge in [0.15, 0.2) is 0 Å². The number of carbonyl (C=O) groups is 1. The van der Waals surface area contributed by atoms with Crippen LogP contribution in [0.25, 0.3) is 0 Å². The Bertz CT molecular complexity index is 496. The molecule has 1 aliphatic carbocycles. The van der Waals surface area contributed by atoms with Gasteiger partial charge in [-0.25, -0.2) is 0 Å². The lowest BCUT2D eigenvalue weighted by Gasteiger charge is -2.38. The lowest BCUT2D eigenvalue weighted by atomic mass is 9.84. The van der Waals surface area contributed by atoms with Crippen molar-refractivity contribution >= 4 is 5.91 Å². The van der Waals surface area contributed by atoms with E-state index in [1.807, 2.05) is 35.2 Å². The van der Waals surface area contributed by atoms with Crippen LogP contribution in [0.1, 0.15) is 19.3 Å². The summed E-state index contributed by atoms with van der Waals surface area (Å²) in [5, 5.41) is 10.1. The Morgan fingerprint density at radius 2 is 1.87 bits per heavy atom. The Hall–Kier alpha value is -1.59. The van der Waals surface area contributed by atoms with Crippen molar-refractivity contribution < 1.29 is 14.6 Å². The molecule has 1 atom stereocenters. The third kappa shape index (κ3) is 4.45. The monoisotopic (exact) mass is 318 g/mol. The summed E-state index contributed by atoms with van der Waals surface area (Å²) in [7, 11) is 0. The van der Waals surface area contributed by atoms with Crippen LogP contribution in [0.5, 0.6) is 5.75 Å². The second-order valence-corrected chi connectivity index (χ2v) is 6.53. The highest BCUT2D eigenvalue weighted by molar-refractivity contribution is 5.79. The molecule has 5 heteroatoms. The molecule has 23 heavy (non-hydrogen) atoms. The summed E-state index contributed by atoms with van der Waals surface area (Å²) in [6, 6.07) is 9.54. The highest BCUT2D eigenvalue weighted by Gasteiger charge is 2.31. The topological polar surface area (TPSA) is 53.0 Å². The van der Waals surface area contributed by atoms with Crippen LogP contribution in [-0.2, 0) is 4.79 Å². The smallest absolute Gasteiger partial charge is 0.225 e. The van der Waals surface area contributed by atoms with Crippen molar-refractivity contribution in [2.45, 2.75) is 25.4 Å². The second kappa shape index (κ2) is 7.79. The van der Waals surface area contributed by atoms with Crippen LogP contribution in [-0.4, -0.2) is 66.2 Å². The molecular formula is C18H26N2O3. The number of piperazine rings is 1. The first-order chi connectivity index (χ1) is 11.2. The minimum atomic E-state index is -0.510. The van der Waals surface area contributed by atoms with Gasteiger partial charge in [0.2, 0.25) is 5.91 Å². The summed E-state index contributed by atoms with van der Waals surface area (Å²) in [5.41, 5.74) is 0. The highest BCUT2D eigenvalue weighted by Crippen LogP contribution is 2.28. The Balaban J connectivity index is 1.35. The number of aliphatic hydroxyl groups is 1. The first kappa shape index (κ1) is 16.3. The molecule has 1 saturated heterocycles. The largest absolute Gasteiger partial charge is 0.491 e. The highest BCUT2D eigenvalue weighted by atomic mass is 16.5. The van der Waals surface area contributed by atoms with Crippen LogP contribution in [0.4, 0.5) is 0 Å². The average Bonchev–Trinajstić information content (AvgIpc) is 2.53. The molecule has 1 aromatic carbocycles. The van der Waals surface area contributed by atoms with E-state index in [1.54, 1.807) is 0 Å². The lowest BCUT2D eigenvalue weighted by Crippen LogP contribution is -2.52. The molecule has 5 nitrogen and oxygen atoms in total. The van der Waals surface area contributed by atoms with Crippen LogP contribution in [0.3, 0.4) is 0 Å². The number of rotatable bonds is 6. The number of amides is 1. The number of aliphatic hydroxyl groups excluding tert-OH is 1. The van der Waals surface area contributed by atoms with Gasteiger partial charge in [-0.3, -0.25) is 9.69 Å². The van der Waals surface area contributed by atoms with Gasteiger partial charge in [0.1, 0.15) is 18.5 Å². The molecule has 1 unspecified atom stereocenters. The number of β-amino-alcohol motifs (C(OH)–C–C–N with tert-alkyl or cyclic N) is 1. The van der Waals surface area contributed by atoms with Gasteiger partial charge in [0.05, 0.1) is 0 Å². The molecule has 3 rings (SSSR count). The normalized spacial score (nSPS) is 20.8. The van der Waals surface area contributed by atoms with E-state index in [0.29, 0.717) is 19.1 Å². The molecule has 1 aromatic rings. The maximum Gasteiger partial charge on any atom is 0.225 e. The standard InChI is InChI=1S/C18H26N2O3/c21-16(14-23-17-7-2-1-3-8-17)13-19-9-11-20(12-10-19)18(22)15-5-4-6-15/h1-3,7-8,15-16,21H,4-6,9-14H2. The molecule has 1 aliphatic heterocycles. The summed E-state index contributed by atoms with van der Waals surface area (Å²) >= 11 is 0. The van der Waals surface area contributed by atoms with E-state index < -0.39 is 6.10 Å². The number of carbonyl (C=O) groups excluding carboxylic acids is 1. The molecule has 0 bridgehead atoms. The fraction of sp³-hybridized carbons (Fsp3) is 0.611. The van der Waals surface area contributed by atoms with Crippen molar-refractivity contribution in [3.8, 4) is 5.75 Å². The third-order valence-electron chi connectivity index (χ3n) is 4.79. The van der Waals surface area contributed by atoms with Gasteiger partial charge in [-0.1, -0.05) is 24.6 Å². The molecule has 0 spiro atoms. The van der Waals surface area contributed by atoms with Crippen molar-refractivity contribution in [2.75, 3.05) is 39.3 Å². The van der Waals surface area contributed by atoms with E-state index in [1.165, 1.54) is 6.42 Å². The quantitative estimate of drug-likeness (QED) is 0.861. The van der Waals surface area contributed by atoms with Crippen molar-refractivity contribution in [3.63, 3.8) is 0 Å². The number of hydrogen-bond donors (Lipinski definition) is 1. The van der Waals surface area contributed by atoms with Crippen molar-refractivity contribution in [2.24, 2.45) is 5.92 Å². The van der Waals surface area contributed by atoms with Crippen molar-refractivity contribution in [1.29, 1.82) is 0 Å². The van der Waals surface area contributed by atoms with Crippen LogP contribution in [0.2, 0.25) is 0 Å². The maximum absolute atomic E-state index is 12.2. The second-order valence-electron chi connectivity index (χ2n) is 6.53. The summed E-state index contributed by atoms with van der Waals surface area (Å²) in [4.78, 5) is 16.4. The van der Waals surface area contributed by atoms with Gasteiger partial charge < -0.3 is 14.7 Å². The molecule has 0 aromatic heterocycles. The zero-order chi connectivity index (χ0) is 16.1. The predicted octanol–water partition coefficient (Wildman–Crippen LogP) is 1.37. The number of ether oxygens (including phenoxy) is 1. The molecule has 2 aliphatic rings. The molecule has 1 N–H and O–H groups in total. The SMILES string of the molecule is O=C(C1CCC1)N1CCN(CC(O)COc2ccccc2)CC1. The Kier molecular flexibility index (Phi) is 5.51. The van der Waals surface area contributed by atoms with E-state index in [4.69, 9.17) is 4.74 Å². The van der Waals surface area contributed by atoms with E-state index >= 15 is 0 Å². The number of nitrogens with zero attached hydrogens (tertiary/aromatic N) is 2. The van der Waals surface area contributed by atoms with Crippen molar-refractivity contribution in [3.05, 3.63) is 30.3 Å². The van der Waals surface area contributed by atoms with Crippen molar-refractivity contribution in [1.82, 2.24) is 9.80 Å². The Morgan fingerprint density at radius 1 is 1.17 bits per heavy atom. The minimum absolute atomic E-state index is 0.284. The van der Waals surface area contributed by atoms with E-state index in [9.17, 15) is 9.90 Å². The maximum atomic E-state index is 12.2. The van der Waals surface area contributed by atoms with Crippen LogP contribution in [0, 0.1) is 5.92 Å². The van der Waals surface area contributed by atoms with E-state index in [0.717, 1.165) is 44.8 Å². The van der Waals surface area contributed by atoms with Gasteiger partial charge in [-0.05, 0) is 25.0 Å². The third-order valence-corrected chi connectivity index (χ3v) is 4.79. The first-order valence-electron chi connectivity index (χ1n) is 8.59. The number of para-hydroxylation sites is 1. The molecule has 1 saturated carbocycles. The molecule has 2 fully saturated rings. The van der Waals surface area contributed by atoms with Crippen LogP contribution >= 0.6 is 0 Å². The first-order valence-corrected chi connectivity index (χ1v) is 8.59. The van der Waals surface area contributed by atoms with Crippen LogP contribution < -0.4 is 4.74 Å². The fourth-order valence-electron chi connectivity index (χ4n) is 3.12. The summed E-state index contributed by atoms with van der Waals surface area (Å²) in [5.74, 6) is 1.40. The van der Waals surface area contributed by atoms with Gasteiger partial charge in [0.25, 0.3) is 0 Å². The van der Waals surface area contributed by atoms with Gasteiger partial charge in [-0.15, -0.1) is 0 Å².